The summed E-state index contributed by atoms with van der Waals surface area (Å²) in [6.07, 6.45) is -3.99. The van der Waals surface area contributed by atoms with Crippen LogP contribution in [0.25, 0.3) is 5.69 Å². The predicted molar refractivity (Wildman–Crippen MR) is 91.2 cm³/mol. The highest BCUT2D eigenvalue weighted by Gasteiger charge is 2.53. The van der Waals surface area contributed by atoms with Crippen molar-refractivity contribution in [3.63, 3.8) is 0 Å². The van der Waals surface area contributed by atoms with E-state index in [1.54, 1.807) is 0 Å². The second-order valence-corrected chi connectivity index (χ2v) is 5.94. The number of halogens is 4. The number of hydrogen-bond acceptors (Lipinski definition) is 6. The molecule has 0 bridgehead atoms. The van der Waals surface area contributed by atoms with E-state index >= 15 is 0 Å². The molecule has 0 aliphatic carbocycles. The van der Waals surface area contributed by atoms with Crippen molar-refractivity contribution in [1.82, 2.24) is 20.4 Å². The van der Waals surface area contributed by atoms with Crippen LogP contribution in [0.1, 0.15) is 10.4 Å². The van der Waals surface area contributed by atoms with Crippen molar-refractivity contribution in [2.24, 2.45) is 0 Å². The van der Waals surface area contributed by atoms with Crippen LogP contribution in [0.15, 0.2) is 30.5 Å². The number of rotatable bonds is 8. The molecule has 6 N–H and O–H groups in total. The highest BCUT2D eigenvalue weighted by atomic mass is 19.4. The fourth-order valence-corrected chi connectivity index (χ4v) is 2.28. The van der Waals surface area contributed by atoms with Crippen LogP contribution in [0, 0.1) is 5.82 Å². The quantitative estimate of drug-likeness (QED) is 0.316. The Hall–Kier alpha value is -2.70. The first-order valence-electron chi connectivity index (χ1n) is 8.07. The van der Waals surface area contributed by atoms with Crippen molar-refractivity contribution in [1.29, 1.82) is 0 Å². The molecular formula is C16H19F4N5O3. The zero-order valence-corrected chi connectivity index (χ0v) is 14.5. The van der Waals surface area contributed by atoms with Gasteiger partial charge in [0.05, 0.1) is 25.0 Å². The number of aliphatic hydroxyl groups excluding tert-OH is 1. The zero-order chi connectivity index (χ0) is 20.9. The van der Waals surface area contributed by atoms with Gasteiger partial charge in [-0.05, 0) is 24.3 Å². The maximum atomic E-state index is 13.1. The molecule has 1 unspecified atom stereocenters. The SMILES string of the molecule is Nc1c(C(=O)NCC(O)(CNCCO)C(F)(F)F)cnn1-c1ccc(F)cc1. The Morgan fingerprint density at radius 1 is 1.21 bits per heavy atom. The lowest BCUT2D eigenvalue weighted by molar-refractivity contribution is -0.254. The molecule has 0 spiro atoms. The van der Waals surface area contributed by atoms with Gasteiger partial charge < -0.3 is 26.6 Å². The number of alkyl halides is 3. The number of carbonyl (C=O) groups is 1. The van der Waals surface area contributed by atoms with Crippen LogP contribution in [0.4, 0.5) is 23.4 Å². The Kier molecular flexibility index (Phi) is 6.59. The minimum Gasteiger partial charge on any atom is -0.395 e. The molecule has 1 heterocycles. The Bertz CT molecular complexity index is 810. The summed E-state index contributed by atoms with van der Waals surface area (Å²) in [4.78, 5) is 12.2. The van der Waals surface area contributed by atoms with Gasteiger partial charge in [0.2, 0.25) is 0 Å². The monoisotopic (exact) mass is 405 g/mol. The third kappa shape index (κ3) is 4.77. The van der Waals surface area contributed by atoms with E-state index in [1.807, 2.05) is 5.32 Å². The largest absolute Gasteiger partial charge is 0.420 e. The highest BCUT2D eigenvalue weighted by Crippen LogP contribution is 2.29. The Morgan fingerprint density at radius 3 is 2.43 bits per heavy atom. The molecule has 154 valence electrons. The molecule has 0 saturated carbocycles. The first-order chi connectivity index (χ1) is 13.1. The molecule has 0 aliphatic heterocycles. The molecule has 0 aliphatic rings. The van der Waals surface area contributed by atoms with E-state index in [9.17, 15) is 27.5 Å². The Morgan fingerprint density at radius 2 is 1.86 bits per heavy atom. The number of nitrogen functional groups attached to an aromatic ring is 1. The van der Waals surface area contributed by atoms with E-state index in [1.165, 1.54) is 12.1 Å². The zero-order valence-electron chi connectivity index (χ0n) is 14.5. The normalized spacial score (nSPS) is 13.9. The number of nitrogens with two attached hydrogens (primary N) is 1. The molecule has 2 aromatic rings. The average molecular weight is 405 g/mol. The summed E-state index contributed by atoms with van der Waals surface area (Å²) in [5, 5.41) is 26.6. The van der Waals surface area contributed by atoms with E-state index in [2.05, 4.69) is 10.4 Å². The van der Waals surface area contributed by atoms with Crippen molar-refractivity contribution in [2.75, 3.05) is 32.0 Å². The molecular weight excluding hydrogens is 386 g/mol. The lowest BCUT2D eigenvalue weighted by Crippen LogP contribution is -2.59. The van der Waals surface area contributed by atoms with Gasteiger partial charge in [0.1, 0.15) is 17.2 Å². The number of carbonyl (C=O) groups excluding carboxylic acids is 1. The van der Waals surface area contributed by atoms with Crippen molar-refractivity contribution in [3.05, 3.63) is 41.8 Å². The van der Waals surface area contributed by atoms with Gasteiger partial charge in [0, 0.05) is 13.1 Å². The van der Waals surface area contributed by atoms with Gasteiger partial charge in [0.15, 0.2) is 5.60 Å². The summed E-state index contributed by atoms with van der Waals surface area (Å²) in [6, 6.07) is 5.02. The van der Waals surface area contributed by atoms with Crippen LogP contribution in [-0.4, -0.2) is 63.9 Å². The smallest absolute Gasteiger partial charge is 0.395 e. The number of aliphatic hydroxyl groups is 2. The standard InChI is InChI=1S/C16H19F4N5O3/c17-10-1-3-11(4-2-10)25-13(21)12(7-24-25)14(27)23-9-15(28,16(18,19)20)8-22-5-6-26/h1-4,7,22,26,28H,5-6,8-9,21H2,(H,23,27). The van der Waals surface area contributed by atoms with Crippen LogP contribution in [0.3, 0.4) is 0 Å². The van der Waals surface area contributed by atoms with Gasteiger partial charge in [-0.2, -0.15) is 18.3 Å². The van der Waals surface area contributed by atoms with Crippen molar-refractivity contribution in [2.45, 2.75) is 11.8 Å². The van der Waals surface area contributed by atoms with Crippen molar-refractivity contribution >= 4 is 11.7 Å². The van der Waals surface area contributed by atoms with Crippen LogP contribution < -0.4 is 16.4 Å². The number of nitrogens with one attached hydrogen (secondary N) is 2. The van der Waals surface area contributed by atoms with E-state index in [-0.39, 0.29) is 17.9 Å². The summed E-state index contributed by atoms with van der Waals surface area (Å²) in [5.41, 5.74) is 2.70. The van der Waals surface area contributed by atoms with Gasteiger partial charge in [-0.25, -0.2) is 9.07 Å². The molecule has 0 saturated heterocycles. The molecule has 1 aromatic carbocycles. The summed E-state index contributed by atoms with van der Waals surface area (Å²) >= 11 is 0. The van der Waals surface area contributed by atoms with Crippen LogP contribution >= 0.6 is 0 Å². The van der Waals surface area contributed by atoms with E-state index in [0.717, 1.165) is 23.0 Å². The molecule has 1 atom stereocenters. The maximum Gasteiger partial charge on any atom is 0.420 e. The topological polar surface area (TPSA) is 125 Å². The van der Waals surface area contributed by atoms with Crippen molar-refractivity contribution < 1.29 is 32.6 Å². The molecule has 28 heavy (non-hydrogen) atoms. The lowest BCUT2D eigenvalue weighted by Gasteiger charge is -2.30. The first kappa shape index (κ1) is 21.6. The minimum atomic E-state index is -5.04. The number of anilines is 1. The highest BCUT2D eigenvalue weighted by molar-refractivity contribution is 5.98. The van der Waals surface area contributed by atoms with Gasteiger partial charge >= 0.3 is 6.18 Å². The molecule has 1 aromatic heterocycles. The number of hydrogen-bond donors (Lipinski definition) is 5. The summed E-state index contributed by atoms with van der Waals surface area (Å²) in [5.74, 6) is -1.64. The van der Waals surface area contributed by atoms with Crippen LogP contribution in [-0.2, 0) is 0 Å². The lowest BCUT2D eigenvalue weighted by atomic mass is 10.0. The molecule has 8 nitrogen and oxygen atoms in total. The van der Waals surface area contributed by atoms with Gasteiger partial charge in [-0.3, -0.25) is 4.79 Å². The summed E-state index contributed by atoms with van der Waals surface area (Å²) in [6.45, 7) is -2.65. The second kappa shape index (κ2) is 8.54. The Balaban J connectivity index is 2.12. The number of benzene rings is 1. The van der Waals surface area contributed by atoms with Crippen LogP contribution in [0.2, 0.25) is 0 Å². The summed E-state index contributed by atoms with van der Waals surface area (Å²) < 4.78 is 53.6. The minimum absolute atomic E-state index is 0.163. The molecule has 2 rings (SSSR count). The molecule has 0 fully saturated rings. The fourth-order valence-electron chi connectivity index (χ4n) is 2.28. The first-order valence-corrected chi connectivity index (χ1v) is 8.07. The molecule has 0 radical (unpaired) electrons. The average Bonchev–Trinajstić information content (AvgIpc) is 3.01. The molecule has 12 heteroatoms. The fraction of sp³-hybridized carbons (Fsp3) is 0.375. The number of aromatic nitrogens is 2. The van der Waals surface area contributed by atoms with Gasteiger partial charge in [-0.1, -0.05) is 0 Å². The van der Waals surface area contributed by atoms with E-state index in [0.29, 0.717) is 5.69 Å². The van der Waals surface area contributed by atoms with Gasteiger partial charge in [0.25, 0.3) is 5.91 Å². The third-order valence-electron chi connectivity index (χ3n) is 3.90. The second-order valence-electron chi connectivity index (χ2n) is 5.94. The van der Waals surface area contributed by atoms with E-state index < -0.39 is 43.2 Å². The number of nitrogens with zero attached hydrogens (tertiary/aromatic N) is 2. The predicted octanol–water partition coefficient (Wildman–Crippen LogP) is 0.199. The van der Waals surface area contributed by atoms with Gasteiger partial charge in [-0.15, -0.1) is 0 Å². The molecule has 1 amide bonds. The number of amides is 1. The van der Waals surface area contributed by atoms with E-state index in [4.69, 9.17) is 10.8 Å². The van der Waals surface area contributed by atoms with Crippen LogP contribution in [0.5, 0.6) is 0 Å². The van der Waals surface area contributed by atoms with Crippen molar-refractivity contribution in [3.8, 4) is 5.69 Å². The maximum absolute atomic E-state index is 13.1. The Labute approximate surface area is 157 Å². The third-order valence-corrected chi connectivity index (χ3v) is 3.90. The summed E-state index contributed by atoms with van der Waals surface area (Å²) in [7, 11) is 0.